The van der Waals surface area contributed by atoms with E-state index < -0.39 is 6.17 Å². The van der Waals surface area contributed by atoms with E-state index in [2.05, 4.69) is 31.2 Å². The minimum atomic E-state index is -0.398. The Bertz CT molecular complexity index is 627. The first-order valence-electron chi connectivity index (χ1n) is 12.2. The van der Waals surface area contributed by atoms with Gasteiger partial charge in [-0.25, -0.2) is 10.4 Å². The van der Waals surface area contributed by atoms with Gasteiger partial charge in [0.05, 0.1) is 29.7 Å². The van der Waals surface area contributed by atoms with Gasteiger partial charge in [-0.15, -0.1) is 11.6 Å². The Morgan fingerprint density at radius 3 is 2.58 bits per heavy atom. The first-order valence-corrected chi connectivity index (χ1v) is 12.7. The summed E-state index contributed by atoms with van der Waals surface area (Å²) in [5, 5.41) is 12.3. The van der Waals surface area contributed by atoms with E-state index in [-0.39, 0.29) is 29.4 Å². The normalized spacial score (nSPS) is 41.4. The Balaban J connectivity index is 1.18. The number of carbonyl (C=O) groups excluding carboxylic acids is 1. The summed E-state index contributed by atoms with van der Waals surface area (Å²) in [5.41, 5.74) is 9.55. The van der Waals surface area contributed by atoms with Gasteiger partial charge in [-0.1, -0.05) is 0 Å². The van der Waals surface area contributed by atoms with Crippen molar-refractivity contribution in [1.29, 1.82) is 0 Å². The summed E-state index contributed by atoms with van der Waals surface area (Å²) >= 11 is 6.27. The Hall–Kier alpha value is -0.520. The number of carbonyl (C=O) groups is 1. The van der Waals surface area contributed by atoms with Crippen LogP contribution < -0.4 is 27.1 Å². The lowest BCUT2D eigenvalue weighted by Gasteiger charge is -2.45. The van der Waals surface area contributed by atoms with Crippen molar-refractivity contribution in [1.82, 2.24) is 36.2 Å². The molecule has 0 aliphatic carbocycles. The molecule has 6 N–H and O–H groups in total. The summed E-state index contributed by atoms with van der Waals surface area (Å²) in [5.74, 6) is -0.286. The van der Waals surface area contributed by atoms with Gasteiger partial charge >= 0.3 is 0 Å². The van der Waals surface area contributed by atoms with Gasteiger partial charge in [0.1, 0.15) is 0 Å². The van der Waals surface area contributed by atoms with Crippen molar-refractivity contribution in [2.45, 2.75) is 67.9 Å². The molecule has 9 nitrogen and oxygen atoms in total. The molecule has 5 rings (SSSR count). The standard InChI is InChI=1S/C21H39ClN8O/c22-14-11-25-20-18(19(23)27-30(20)13-14)21(31)26-16-12-24-6-3-17(16)29-9-4-15(5-10-29)28-7-1-2-8-28/h14-20,24-25,27H,1-13,23H2,(H,26,31). The number of rotatable bonds is 4. The second-order valence-electron chi connectivity index (χ2n) is 9.97. The maximum atomic E-state index is 13.3. The van der Waals surface area contributed by atoms with Crippen LogP contribution in [0.15, 0.2) is 0 Å². The molecular formula is C21H39ClN8O. The number of alkyl halides is 1. The van der Waals surface area contributed by atoms with Gasteiger partial charge in [-0.05, 0) is 51.7 Å². The van der Waals surface area contributed by atoms with Crippen molar-refractivity contribution in [2.24, 2.45) is 11.7 Å². The average molecular weight is 455 g/mol. The van der Waals surface area contributed by atoms with Crippen LogP contribution in [0.4, 0.5) is 0 Å². The number of halogens is 1. The van der Waals surface area contributed by atoms with E-state index in [1.807, 2.05) is 5.01 Å². The Morgan fingerprint density at radius 2 is 1.81 bits per heavy atom. The summed E-state index contributed by atoms with van der Waals surface area (Å²) in [7, 11) is 0. The molecule has 6 unspecified atom stereocenters. The van der Waals surface area contributed by atoms with E-state index in [1.54, 1.807) is 0 Å². The smallest absolute Gasteiger partial charge is 0.229 e. The lowest BCUT2D eigenvalue weighted by atomic mass is 9.93. The van der Waals surface area contributed by atoms with E-state index >= 15 is 0 Å². The van der Waals surface area contributed by atoms with Crippen LogP contribution in [-0.4, -0.2) is 109 Å². The third-order valence-corrected chi connectivity index (χ3v) is 8.31. The number of piperidine rings is 2. The van der Waals surface area contributed by atoms with Crippen molar-refractivity contribution < 1.29 is 4.79 Å². The van der Waals surface area contributed by atoms with Crippen LogP contribution in [0, 0.1) is 5.92 Å². The maximum absolute atomic E-state index is 13.3. The maximum Gasteiger partial charge on any atom is 0.229 e. The van der Waals surface area contributed by atoms with Crippen molar-refractivity contribution in [3.63, 3.8) is 0 Å². The summed E-state index contributed by atoms with van der Waals surface area (Å²) < 4.78 is 0. The highest BCUT2D eigenvalue weighted by atomic mass is 35.5. The molecule has 176 valence electrons. The zero-order valence-corrected chi connectivity index (χ0v) is 19.2. The molecule has 6 atom stereocenters. The number of hydrogen-bond acceptors (Lipinski definition) is 8. The molecule has 5 fully saturated rings. The lowest BCUT2D eigenvalue weighted by Crippen LogP contribution is -2.64. The molecule has 0 aromatic rings. The molecule has 1 amide bonds. The first kappa shape index (κ1) is 22.3. The van der Waals surface area contributed by atoms with E-state index in [0.29, 0.717) is 19.1 Å². The van der Waals surface area contributed by atoms with Gasteiger partial charge in [0.2, 0.25) is 5.91 Å². The monoisotopic (exact) mass is 454 g/mol. The number of hydrazine groups is 1. The summed E-state index contributed by atoms with van der Waals surface area (Å²) in [6.07, 6.45) is 5.81. The first-order chi connectivity index (χ1) is 15.1. The minimum Gasteiger partial charge on any atom is -0.350 e. The molecule has 5 aliphatic rings. The summed E-state index contributed by atoms with van der Waals surface area (Å²) in [4.78, 5) is 18.7. The molecule has 0 spiro atoms. The molecule has 0 saturated carbocycles. The zero-order chi connectivity index (χ0) is 21.4. The number of hydrogen-bond donors (Lipinski definition) is 5. The predicted molar refractivity (Wildman–Crippen MR) is 121 cm³/mol. The van der Waals surface area contributed by atoms with E-state index in [0.717, 1.165) is 38.6 Å². The van der Waals surface area contributed by atoms with Crippen LogP contribution in [0.25, 0.3) is 0 Å². The fourth-order valence-electron chi connectivity index (χ4n) is 6.38. The Morgan fingerprint density at radius 1 is 1.03 bits per heavy atom. The van der Waals surface area contributed by atoms with Gasteiger partial charge < -0.3 is 21.3 Å². The second-order valence-corrected chi connectivity index (χ2v) is 10.6. The number of likely N-dealkylation sites (tertiary alicyclic amines) is 2. The highest BCUT2D eigenvalue weighted by molar-refractivity contribution is 6.21. The lowest BCUT2D eigenvalue weighted by molar-refractivity contribution is -0.128. The SMILES string of the molecule is NC1NN2CC(Cl)CNC2C1C(=O)NC1CNCCC1N1CCC(N2CCCC2)CC1. The van der Waals surface area contributed by atoms with Crippen LogP contribution in [-0.2, 0) is 4.79 Å². The number of nitrogens with two attached hydrogens (primary N) is 1. The number of fused-ring (bicyclic) bond motifs is 1. The van der Waals surface area contributed by atoms with Crippen LogP contribution >= 0.6 is 11.6 Å². The Labute approximate surface area is 190 Å². The third-order valence-electron chi connectivity index (χ3n) is 8.02. The average Bonchev–Trinajstić information content (AvgIpc) is 3.41. The minimum absolute atomic E-state index is 0.0215. The van der Waals surface area contributed by atoms with Crippen LogP contribution in [0.2, 0.25) is 0 Å². The van der Waals surface area contributed by atoms with E-state index in [1.165, 1.54) is 38.8 Å². The molecule has 10 heteroatoms. The van der Waals surface area contributed by atoms with Crippen LogP contribution in [0.3, 0.4) is 0 Å². The van der Waals surface area contributed by atoms with Gasteiger partial charge in [0, 0.05) is 44.8 Å². The molecule has 5 heterocycles. The van der Waals surface area contributed by atoms with E-state index in [4.69, 9.17) is 17.3 Å². The van der Waals surface area contributed by atoms with Gasteiger partial charge in [0.15, 0.2) is 0 Å². The highest BCUT2D eigenvalue weighted by Gasteiger charge is 2.47. The van der Waals surface area contributed by atoms with Gasteiger partial charge in [-0.2, -0.15) is 0 Å². The predicted octanol–water partition coefficient (Wildman–Crippen LogP) is -1.35. The third kappa shape index (κ3) is 4.75. The molecule has 5 saturated heterocycles. The molecule has 0 aromatic heterocycles. The fraction of sp³-hybridized carbons (Fsp3) is 0.952. The zero-order valence-electron chi connectivity index (χ0n) is 18.4. The van der Waals surface area contributed by atoms with Crippen LogP contribution in [0.1, 0.15) is 32.1 Å². The number of nitrogens with one attached hydrogen (secondary N) is 4. The number of amides is 1. The summed E-state index contributed by atoms with van der Waals surface area (Å²) in [6.45, 7) is 8.06. The van der Waals surface area contributed by atoms with Crippen molar-refractivity contribution in [2.75, 3.05) is 52.4 Å². The summed E-state index contributed by atoms with van der Waals surface area (Å²) in [6, 6.07) is 1.28. The fourth-order valence-corrected chi connectivity index (χ4v) is 6.61. The largest absolute Gasteiger partial charge is 0.350 e. The highest BCUT2D eigenvalue weighted by Crippen LogP contribution is 2.26. The molecular weight excluding hydrogens is 416 g/mol. The van der Waals surface area contributed by atoms with Crippen molar-refractivity contribution in [3.8, 4) is 0 Å². The van der Waals surface area contributed by atoms with E-state index in [9.17, 15) is 4.79 Å². The van der Waals surface area contributed by atoms with Crippen LogP contribution in [0.5, 0.6) is 0 Å². The quantitative estimate of drug-likeness (QED) is 0.332. The number of nitrogens with zero attached hydrogens (tertiary/aromatic N) is 3. The van der Waals surface area contributed by atoms with Crippen molar-refractivity contribution >= 4 is 17.5 Å². The van der Waals surface area contributed by atoms with Crippen molar-refractivity contribution in [3.05, 3.63) is 0 Å². The van der Waals surface area contributed by atoms with Gasteiger partial charge in [-0.3, -0.25) is 15.0 Å². The topological polar surface area (TPSA) is 101 Å². The molecule has 0 bridgehead atoms. The Kier molecular flexibility index (Phi) is 7.02. The molecule has 31 heavy (non-hydrogen) atoms. The molecule has 0 aromatic carbocycles. The molecule has 5 aliphatic heterocycles. The van der Waals surface area contributed by atoms with Gasteiger partial charge in [0.25, 0.3) is 0 Å². The second kappa shape index (κ2) is 9.77. The molecule has 0 radical (unpaired) electrons.